The molecule has 0 saturated carbocycles. The number of furan rings is 1. The van der Waals surface area contributed by atoms with Crippen LogP contribution in [0, 0.1) is 0 Å². The van der Waals surface area contributed by atoms with Crippen molar-refractivity contribution in [1.82, 2.24) is 9.97 Å². The molecular weight excluding hydrogens is 789 g/mol. The van der Waals surface area contributed by atoms with Crippen LogP contribution < -0.4 is 0 Å². The van der Waals surface area contributed by atoms with Gasteiger partial charge in [-0.1, -0.05) is 194 Å². The van der Waals surface area contributed by atoms with Gasteiger partial charge in [0, 0.05) is 32.7 Å². The first-order valence-electron chi connectivity index (χ1n) is 22.1. The fraction of sp³-hybridized carbons (Fsp3) is 0. The fourth-order valence-electron chi connectivity index (χ4n) is 9.83. The summed E-state index contributed by atoms with van der Waals surface area (Å²) in [5, 5.41) is 9.06. The summed E-state index contributed by atoms with van der Waals surface area (Å²) in [6.45, 7) is 0. The number of rotatable bonds is 6. The highest BCUT2D eigenvalue weighted by Gasteiger charge is 2.19. The van der Waals surface area contributed by atoms with Gasteiger partial charge in [-0.05, 0) is 102 Å². The smallest absolute Gasteiger partial charge is 0.143 e. The molecule has 0 N–H and O–H groups in total. The SMILES string of the molecule is c1ccc(-c2ccc(-c3ccc4c(c3)c3cc(-c5ccc(-c6ccccc6)cc5)ccc3c3nc(-c5cccc(-c6cc7ccccc7c7c6oc6ccccc67)c5)cnc43)cc2)cc1. The van der Waals surface area contributed by atoms with Crippen LogP contribution >= 0.6 is 0 Å². The molecule has 2 aromatic heterocycles. The van der Waals surface area contributed by atoms with Gasteiger partial charge in [0.2, 0.25) is 0 Å². The zero-order valence-electron chi connectivity index (χ0n) is 35.2. The Morgan fingerprint density at radius 1 is 0.308 bits per heavy atom. The van der Waals surface area contributed by atoms with Crippen LogP contribution in [0.2, 0.25) is 0 Å². The third-order valence-electron chi connectivity index (χ3n) is 13.1. The monoisotopic (exact) mass is 826 g/mol. The van der Waals surface area contributed by atoms with E-state index in [1.807, 2.05) is 12.3 Å². The first-order valence-corrected chi connectivity index (χ1v) is 22.1. The summed E-state index contributed by atoms with van der Waals surface area (Å²) >= 11 is 0. The van der Waals surface area contributed by atoms with E-state index >= 15 is 0 Å². The number of para-hydroxylation sites is 1. The van der Waals surface area contributed by atoms with Gasteiger partial charge in [0.25, 0.3) is 0 Å². The molecule has 0 atom stereocenters. The molecule has 0 radical (unpaired) electrons. The maximum Gasteiger partial charge on any atom is 0.143 e. The summed E-state index contributed by atoms with van der Waals surface area (Å²) in [5.41, 5.74) is 16.9. The van der Waals surface area contributed by atoms with Gasteiger partial charge in [-0.25, -0.2) is 4.98 Å². The van der Waals surface area contributed by atoms with E-state index in [1.54, 1.807) is 0 Å². The number of fused-ring (bicyclic) bond motifs is 11. The molecule has 13 aromatic rings. The molecule has 0 unspecified atom stereocenters. The second kappa shape index (κ2) is 15.0. The lowest BCUT2D eigenvalue weighted by Gasteiger charge is -2.14. The molecule has 2 heterocycles. The molecule has 0 amide bonds. The predicted octanol–water partition coefficient (Wildman–Crippen LogP) is 17.0. The molecular formula is C62H38N2O. The molecule has 3 nitrogen and oxygen atoms in total. The lowest BCUT2D eigenvalue weighted by molar-refractivity contribution is 0.670. The van der Waals surface area contributed by atoms with Gasteiger partial charge in [0.1, 0.15) is 11.2 Å². The minimum absolute atomic E-state index is 0.817. The fourth-order valence-corrected chi connectivity index (χ4v) is 9.83. The predicted molar refractivity (Wildman–Crippen MR) is 272 cm³/mol. The summed E-state index contributed by atoms with van der Waals surface area (Å²) < 4.78 is 6.64. The van der Waals surface area contributed by atoms with Crippen LogP contribution in [0.4, 0.5) is 0 Å². The topological polar surface area (TPSA) is 38.9 Å². The highest BCUT2D eigenvalue weighted by Crippen LogP contribution is 2.43. The summed E-state index contributed by atoms with van der Waals surface area (Å²) in [6.07, 6.45) is 1.93. The normalized spacial score (nSPS) is 11.7. The highest BCUT2D eigenvalue weighted by molar-refractivity contribution is 6.25. The van der Waals surface area contributed by atoms with Gasteiger partial charge >= 0.3 is 0 Å². The molecule has 13 rings (SSSR count). The van der Waals surface area contributed by atoms with Crippen molar-refractivity contribution < 1.29 is 4.42 Å². The Hall–Kier alpha value is -8.66. The van der Waals surface area contributed by atoms with E-state index in [2.05, 4.69) is 218 Å². The van der Waals surface area contributed by atoms with Crippen molar-refractivity contribution in [3.8, 4) is 66.9 Å². The van der Waals surface area contributed by atoms with E-state index < -0.39 is 0 Å². The van der Waals surface area contributed by atoms with Gasteiger partial charge in [0.15, 0.2) is 0 Å². The van der Waals surface area contributed by atoms with Gasteiger partial charge in [-0.15, -0.1) is 0 Å². The molecule has 0 spiro atoms. The minimum atomic E-state index is 0.817. The second-order valence-electron chi connectivity index (χ2n) is 16.9. The van der Waals surface area contributed by atoms with Gasteiger partial charge in [0.05, 0.1) is 22.9 Å². The lowest BCUT2D eigenvalue weighted by Crippen LogP contribution is -1.93. The van der Waals surface area contributed by atoms with Crippen LogP contribution in [0.15, 0.2) is 235 Å². The standard InChI is InChI=1S/C62H38N2O/c1-3-12-39(13-4-1)41-22-26-43(27-23-41)45-30-32-51-55(35-45)56-36-46(44-28-24-42(25-29-44)40-14-5-2-6-15-40)31-33-52(56)61-60(51)63-38-57(64-61)49-18-11-17-47(34-49)54-37-48-16-7-8-19-50(48)59-53-20-9-10-21-58(53)65-62(54)59/h1-38H. The highest BCUT2D eigenvalue weighted by atomic mass is 16.3. The quantitative estimate of drug-likeness (QED) is 0.157. The third kappa shape index (κ3) is 6.28. The van der Waals surface area contributed by atoms with Crippen LogP contribution in [0.1, 0.15) is 0 Å². The first-order chi connectivity index (χ1) is 32.2. The maximum absolute atomic E-state index is 6.64. The van der Waals surface area contributed by atoms with Crippen molar-refractivity contribution in [2.75, 3.05) is 0 Å². The van der Waals surface area contributed by atoms with Crippen LogP contribution in [0.25, 0.3) is 132 Å². The van der Waals surface area contributed by atoms with Crippen LogP contribution in [0.3, 0.4) is 0 Å². The molecule has 0 aliphatic heterocycles. The van der Waals surface area contributed by atoms with Crippen molar-refractivity contribution >= 4 is 65.3 Å². The Labute approximate surface area is 375 Å². The molecule has 0 saturated heterocycles. The molecule has 0 aliphatic rings. The summed E-state index contributed by atoms with van der Waals surface area (Å²) in [4.78, 5) is 10.7. The molecule has 0 aliphatic carbocycles. The van der Waals surface area contributed by atoms with Crippen LogP contribution in [0.5, 0.6) is 0 Å². The van der Waals surface area contributed by atoms with Crippen molar-refractivity contribution in [1.29, 1.82) is 0 Å². The molecule has 11 aromatic carbocycles. The number of aromatic nitrogens is 2. The summed E-state index contributed by atoms with van der Waals surface area (Å²) in [5.74, 6) is 0. The van der Waals surface area contributed by atoms with Crippen molar-refractivity contribution in [3.63, 3.8) is 0 Å². The summed E-state index contributed by atoms with van der Waals surface area (Å²) in [7, 11) is 0. The zero-order chi connectivity index (χ0) is 42.8. The molecule has 0 fully saturated rings. The molecule has 302 valence electrons. The van der Waals surface area contributed by atoms with E-state index in [0.29, 0.717) is 0 Å². The van der Waals surface area contributed by atoms with Gasteiger partial charge < -0.3 is 4.42 Å². The average molecular weight is 827 g/mol. The van der Waals surface area contributed by atoms with Crippen LogP contribution in [-0.2, 0) is 0 Å². The van der Waals surface area contributed by atoms with E-state index in [0.717, 1.165) is 93.6 Å². The van der Waals surface area contributed by atoms with E-state index in [1.165, 1.54) is 38.6 Å². The largest absolute Gasteiger partial charge is 0.455 e. The Kier molecular flexibility index (Phi) is 8.53. The van der Waals surface area contributed by atoms with Crippen molar-refractivity contribution in [2.24, 2.45) is 0 Å². The second-order valence-corrected chi connectivity index (χ2v) is 16.9. The Bertz CT molecular complexity index is 3970. The van der Waals surface area contributed by atoms with E-state index in [4.69, 9.17) is 14.4 Å². The Morgan fingerprint density at radius 2 is 0.800 bits per heavy atom. The molecule has 65 heavy (non-hydrogen) atoms. The minimum Gasteiger partial charge on any atom is -0.455 e. The van der Waals surface area contributed by atoms with Crippen molar-refractivity contribution in [3.05, 3.63) is 231 Å². The van der Waals surface area contributed by atoms with E-state index in [-0.39, 0.29) is 0 Å². The summed E-state index contributed by atoms with van der Waals surface area (Å²) in [6, 6.07) is 80.2. The zero-order valence-corrected chi connectivity index (χ0v) is 35.2. The first kappa shape index (κ1) is 36.9. The maximum atomic E-state index is 6.64. The Balaban J connectivity index is 0.968. The van der Waals surface area contributed by atoms with Gasteiger partial charge in [-0.2, -0.15) is 0 Å². The van der Waals surface area contributed by atoms with Gasteiger partial charge in [-0.3, -0.25) is 4.98 Å². The Morgan fingerprint density at radius 3 is 1.45 bits per heavy atom. The van der Waals surface area contributed by atoms with E-state index in [9.17, 15) is 0 Å². The lowest BCUT2D eigenvalue weighted by atomic mass is 9.92. The number of hydrogen-bond donors (Lipinski definition) is 0. The number of hydrogen-bond acceptors (Lipinski definition) is 3. The van der Waals surface area contributed by atoms with Crippen molar-refractivity contribution in [2.45, 2.75) is 0 Å². The molecule has 3 heteroatoms. The number of nitrogens with zero attached hydrogens (tertiary/aromatic N) is 2. The average Bonchev–Trinajstić information content (AvgIpc) is 3.79. The van der Waals surface area contributed by atoms with Crippen LogP contribution in [-0.4, -0.2) is 9.97 Å². The molecule has 0 bridgehead atoms. The number of benzene rings is 11. The third-order valence-corrected chi connectivity index (χ3v) is 13.1.